The Balaban J connectivity index is 3.05. The van der Waals surface area contributed by atoms with Gasteiger partial charge in [0.05, 0.1) is 21.3 Å². The monoisotopic (exact) mass is 281 g/mol. The number of benzene rings is 1. The molecular formula is C16H27NO3. The first-order chi connectivity index (χ1) is 9.34. The second-order valence-corrected chi connectivity index (χ2v) is 6.13. The van der Waals surface area contributed by atoms with E-state index >= 15 is 0 Å². The molecule has 1 aromatic carbocycles. The van der Waals surface area contributed by atoms with Crippen LogP contribution in [-0.2, 0) is 0 Å². The lowest BCUT2D eigenvalue weighted by atomic mass is 9.87. The molecule has 0 aliphatic carbocycles. The fourth-order valence-corrected chi connectivity index (χ4v) is 2.16. The van der Waals surface area contributed by atoms with Crippen molar-refractivity contribution in [1.29, 1.82) is 0 Å². The van der Waals surface area contributed by atoms with E-state index in [0.717, 1.165) is 18.4 Å². The molecular weight excluding hydrogens is 254 g/mol. The van der Waals surface area contributed by atoms with Crippen molar-refractivity contribution in [2.75, 3.05) is 21.3 Å². The van der Waals surface area contributed by atoms with Gasteiger partial charge in [-0.3, -0.25) is 0 Å². The van der Waals surface area contributed by atoms with Crippen LogP contribution in [0.1, 0.15) is 45.2 Å². The van der Waals surface area contributed by atoms with Gasteiger partial charge in [0.2, 0.25) is 5.75 Å². The number of nitrogens with two attached hydrogens (primary N) is 1. The van der Waals surface area contributed by atoms with E-state index in [9.17, 15) is 0 Å². The van der Waals surface area contributed by atoms with E-state index in [-0.39, 0.29) is 11.5 Å². The number of methoxy groups -OCH3 is 3. The van der Waals surface area contributed by atoms with E-state index in [1.807, 2.05) is 12.1 Å². The van der Waals surface area contributed by atoms with Gasteiger partial charge in [-0.25, -0.2) is 0 Å². The Morgan fingerprint density at radius 2 is 1.60 bits per heavy atom. The first kappa shape index (κ1) is 16.6. The first-order valence-corrected chi connectivity index (χ1v) is 6.88. The number of rotatable bonds is 6. The molecule has 0 fully saturated rings. The van der Waals surface area contributed by atoms with Crippen molar-refractivity contribution in [3.8, 4) is 17.2 Å². The van der Waals surface area contributed by atoms with Gasteiger partial charge in [0.1, 0.15) is 0 Å². The van der Waals surface area contributed by atoms with Gasteiger partial charge in [-0.15, -0.1) is 0 Å². The summed E-state index contributed by atoms with van der Waals surface area (Å²) in [6.07, 6.45) is 1.95. The average Bonchev–Trinajstić information content (AvgIpc) is 2.41. The summed E-state index contributed by atoms with van der Waals surface area (Å²) >= 11 is 0. The van der Waals surface area contributed by atoms with E-state index in [1.165, 1.54) is 0 Å². The number of hydrogen-bond acceptors (Lipinski definition) is 4. The Labute approximate surface area is 122 Å². The zero-order valence-electron chi connectivity index (χ0n) is 13.4. The van der Waals surface area contributed by atoms with Gasteiger partial charge in [0.15, 0.2) is 11.5 Å². The highest BCUT2D eigenvalue weighted by Gasteiger charge is 2.21. The van der Waals surface area contributed by atoms with Crippen molar-refractivity contribution < 1.29 is 14.2 Å². The van der Waals surface area contributed by atoms with Crippen molar-refractivity contribution in [3.05, 3.63) is 17.7 Å². The zero-order valence-corrected chi connectivity index (χ0v) is 13.4. The summed E-state index contributed by atoms with van der Waals surface area (Å²) in [5.41, 5.74) is 7.54. The van der Waals surface area contributed by atoms with Crippen molar-refractivity contribution in [1.82, 2.24) is 0 Å². The molecule has 0 radical (unpaired) electrons. The molecule has 2 N–H and O–H groups in total. The molecule has 1 unspecified atom stereocenters. The van der Waals surface area contributed by atoms with Gasteiger partial charge in [-0.05, 0) is 30.4 Å². The molecule has 0 amide bonds. The summed E-state index contributed by atoms with van der Waals surface area (Å²) in [6.45, 7) is 6.64. The highest BCUT2D eigenvalue weighted by molar-refractivity contribution is 5.56. The topological polar surface area (TPSA) is 53.7 Å². The van der Waals surface area contributed by atoms with Crippen molar-refractivity contribution in [3.63, 3.8) is 0 Å². The normalized spacial score (nSPS) is 12.9. The molecule has 1 atom stereocenters. The second kappa shape index (κ2) is 6.84. The zero-order chi connectivity index (χ0) is 15.3. The predicted molar refractivity (Wildman–Crippen MR) is 81.7 cm³/mol. The summed E-state index contributed by atoms with van der Waals surface area (Å²) in [4.78, 5) is 0. The van der Waals surface area contributed by atoms with Crippen LogP contribution in [-0.4, -0.2) is 21.3 Å². The van der Waals surface area contributed by atoms with Crippen LogP contribution in [0.3, 0.4) is 0 Å². The number of ether oxygens (including phenoxy) is 3. The summed E-state index contributed by atoms with van der Waals surface area (Å²) in [6, 6.07) is 3.74. The van der Waals surface area contributed by atoms with Gasteiger partial charge in [0, 0.05) is 11.6 Å². The molecule has 20 heavy (non-hydrogen) atoms. The molecule has 1 rings (SSSR count). The minimum absolute atomic E-state index is 0.0796. The average molecular weight is 281 g/mol. The van der Waals surface area contributed by atoms with Crippen LogP contribution in [0.5, 0.6) is 17.2 Å². The lowest BCUT2D eigenvalue weighted by Gasteiger charge is -2.23. The van der Waals surface area contributed by atoms with Gasteiger partial charge in [0.25, 0.3) is 0 Å². The molecule has 0 aliphatic heterocycles. The van der Waals surface area contributed by atoms with Gasteiger partial charge < -0.3 is 19.9 Å². The molecule has 1 aromatic rings. The quantitative estimate of drug-likeness (QED) is 0.866. The molecule has 0 aliphatic rings. The third-order valence-electron chi connectivity index (χ3n) is 3.34. The lowest BCUT2D eigenvalue weighted by Crippen LogP contribution is -2.16. The van der Waals surface area contributed by atoms with E-state index in [2.05, 4.69) is 20.8 Å². The maximum atomic E-state index is 6.32. The van der Waals surface area contributed by atoms with Crippen LogP contribution in [0.4, 0.5) is 0 Å². The maximum absolute atomic E-state index is 6.32. The van der Waals surface area contributed by atoms with Crippen LogP contribution in [0.25, 0.3) is 0 Å². The molecule has 0 saturated heterocycles. The van der Waals surface area contributed by atoms with Crippen molar-refractivity contribution in [2.45, 2.75) is 39.7 Å². The molecule has 0 bridgehead atoms. The van der Waals surface area contributed by atoms with Crippen molar-refractivity contribution in [2.24, 2.45) is 11.1 Å². The molecule has 0 spiro atoms. The molecule has 4 nitrogen and oxygen atoms in total. The minimum Gasteiger partial charge on any atom is -0.493 e. The fourth-order valence-electron chi connectivity index (χ4n) is 2.16. The number of hydrogen-bond donors (Lipinski definition) is 1. The first-order valence-electron chi connectivity index (χ1n) is 6.88. The maximum Gasteiger partial charge on any atom is 0.203 e. The van der Waals surface area contributed by atoms with Crippen LogP contribution >= 0.6 is 0 Å². The third kappa shape index (κ3) is 4.04. The van der Waals surface area contributed by atoms with E-state index in [1.54, 1.807) is 21.3 Å². The third-order valence-corrected chi connectivity index (χ3v) is 3.34. The highest BCUT2D eigenvalue weighted by atomic mass is 16.5. The summed E-state index contributed by atoms with van der Waals surface area (Å²) in [5, 5.41) is 0. The Bertz CT molecular complexity index is 438. The van der Waals surface area contributed by atoms with Crippen LogP contribution in [0.15, 0.2) is 12.1 Å². The summed E-state index contributed by atoms with van der Waals surface area (Å²) in [7, 11) is 4.83. The van der Waals surface area contributed by atoms with Gasteiger partial charge in [-0.1, -0.05) is 20.8 Å². The Hall–Kier alpha value is -1.42. The van der Waals surface area contributed by atoms with Crippen LogP contribution in [0, 0.1) is 5.41 Å². The molecule has 0 aromatic heterocycles. The van der Waals surface area contributed by atoms with Crippen molar-refractivity contribution >= 4 is 0 Å². The second-order valence-electron chi connectivity index (χ2n) is 6.13. The van der Waals surface area contributed by atoms with E-state index in [4.69, 9.17) is 19.9 Å². The Morgan fingerprint density at radius 3 is 2.05 bits per heavy atom. The lowest BCUT2D eigenvalue weighted by molar-refractivity contribution is 0.316. The highest BCUT2D eigenvalue weighted by Crippen LogP contribution is 2.42. The van der Waals surface area contributed by atoms with E-state index in [0.29, 0.717) is 17.2 Å². The molecule has 4 heteroatoms. The molecule has 114 valence electrons. The minimum atomic E-state index is -0.0796. The Kier molecular flexibility index (Phi) is 5.69. The van der Waals surface area contributed by atoms with Gasteiger partial charge in [-0.2, -0.15) is 0 Å². The molecule has 0 saturated carbocycles. The van der Waals surface area contributed by atoms with Crippen LogP contribution in [0.2, 0.25) is 0 Å². The summed E-state index contributed by atoms with van der Waals surface area (Å²) in [5.74, 6) is 1.91. The predicted octanol–water partition coefficient (Wildman–Crippen LogP) is 3.54. The standard InChI is InChI=1S/C16H27NO3/c1-16(2,3)10-9-12(17)11-7-8-13(18-4)15(20-6)14(11)19-5/h7-8,12H,9-10,17H2,1-6H3. The fraction of sp³-hybridized carbons (Fsp3) is 0.625. The van der Waals surface area contributed by atoms with E-state index < -0.39 is 0 Å². The smallest absolute Gasteiger partial charge is 0.203 e. The Morgan fingerprint density at radius 1 is 1.00 bits per heavy atom. The largest absolute Gasteiger partial charge is 0.493 e. The van der Waals surface area contributed by atoms with Crippen LogP contribution < -0.4 is 19.9 Å². The van der Waals surface area contributed by atoms with Gasteiger partial charge >= 0.3 is 0 Å². The SMILES string of the molecule is COc1ccc(C(N)CCC(C)(C)C)c(OC)c1OC. The summed E-state index contributed by atoms with van der Waals surface area (Å²) < 4.78 is 16.1. The molecule has 0 heterocycles.